The van der Waals surface area contributed by atoms with E-state index in [4.69, 9.17) is 14.9 Å². The molecule has 3 heterocycles. The van der Waals surface area contributed by atoms with Gasteiger partial charge in [0, 0.05) is 61.8 Å². The Hall–Kier alpha value is -1.71. The number of aliphatic carboxylic acids is 2. The third kappa shape index (κ3) is 7.13. The van der Waals surface area contributed by atoms with Gasteiger partial charge in [0.1, 0.15) is 0 Å². The van der Waals surface area contributed by atoms with Crippen molar-refractivity contribution in [2.75, 3.05) is 45.9 Å². The molecule has 2 N–H and O–H groups in total. The summed E-state index contributed by atoms with van der Waals surface area (Å²) in [7, 11) is 0. The molecule has 188 valence electrons. The van der Waals surface area contributed by atoms with Crippen molar-refractivity contribution in [3.05, 3.63) is 0 Å². The highest BCUT2D eigenvalue weighted by atomic mass is 16.5. The molecule has 3 aliphatic heterocycles. The number of carbonyl (C=O) groups excluding carboxylic acids is 1. The summed E-state index contributed by atoms with van der Waals surface area (Å²) in [5.41, 5.74) is -0.420. The molecule has 6 unspecified atom stereocenters. The lowest BCUT2D eigenvalue weighted by atomic mass is 9.71. The SMILES string of the molecule is CCC(COC(=O)CCN1CC1C)(CC1(C)CN1CCC(=O)O)CC1(C)CN1CCC(=O)O. The average Bonchev–Trinajstić information content (AvgIpc) is 3.67. The zero-order valence-corrected chi connectivity index (χ0v) is 20.6. The minimum atomic E-state index is -0.791. The molecular weight excluding hydrogens is 426 g/mol. The minimum Gasteiger partial charge on any atom is -0.481 e. The van der Waals surface area contributed by atoms with E-state index in [0.717, 1.165) is 45.4 Å². The Bertz CT molecular complexity index is 720. The Kier molecular flexibility index (Phi) is 7.75. The summed E-state index contributed by atoms with van der Waals surface area (Å²) in [6, 6.07) is 0.561. The van der Waals surface area contributed by atoms with Gasteiger partial charge in [0.15, 0.2) is 0 Å². The number of carbonyl (C=O) groups is 3. The van der Waals surface area contributed by atoms with Gasteiger partial charge in [0.2, 0.25) is 0 Å². The van der Waals surface area contributed by atoms with Gasteiger partial charge in [-0.15, -0.1) is 0 Å². The fraction of sp³-hybridized carbons (Fsp3) is 0.875. The van der Waals surface area contributed by atoms with Crippen LogP contribution in [0.25, 0.3) is 0 Å². The maximum absolute atomic E-state index is 12.5. The molecule has 6 atom stereocenters. The van der Waals surface area contributed by atoms with Crippen molar-refractivity contribution in [1.82, 2.24) is 14.7 Å². The number of nitrogens with zero attached hydrogens (tertiary/aromatic N) is 3. The highest BCUT2D eigenvalue weighted by Crippen LogP contribution is 2.51. The largest absolute Gasteiger partial charge is 0.481 e. The standard InChI is InChI=1S/C24H41N3O6/c1-5-24(13-22(3)15-26(22)10-6-19(28)29,14-23(4)16-27(23)11-7-20(30)31)17-33-21(32)8-9-25-12-18(25)2/h18H,5-17H2,1-4H3,(H,28,29)(H,30,31). The first-order valence-electron chi connectivity index (χ1n) is 12.2. The molecule has 0 aromatic heterocycles. The van der Waals surface area contributed by atoms with Crippen LogP contribution in [0.4, 0.5) is 0 Å². The molecule has 0 aromatic carbocycles. The van der Waals surface area contributed by atoms with Crippen LogP contribution in [0.5, 0.6) is 0 Å². The Morgan fingerprint density at radius 1 is 0.939 bits per heavy atom. The average molecular weight is 468 g/mol. The molecule has 0 aliphatic carbocycles. The molecule has 9 heteroatoms. The molecule has 3 rings (SSSR count). The zero-order chi connectivity index (χ0) is 24.4. The Balaban J connectivity index is 1.62. The first-order valence-corrected chi connectivity index (χ1v) is 12.2. The molecule has 0 radical (unpaired) electrons. The van der Waals surface area contributed by atoms with Crippen LogP contribution >= 0.6 is 0 Å². The van der Waals surface area contributed by atoms with E-state index >= 15 is 0 Å². The highest BCUT2D eigenvalue weighted by molar-refractivity contribution is 5.69. The quantitative estimate of drug-likeness (QED) is 0.260. The van der Waals surface area contributed by atoms with E-state index in [2.05, 4.69) is 42.4 Å². The number of ether oxygens (including phenoxy) is 1. The molecule has 0 bridgehead atoms. The number of rotatable bonds is 16. The number of esters is 1. The summed E-state index contributed by atoms with van der Waals surface area (Å²) < 4.78 is 5.84. The molecule has 0 saturated carbocycles. The highest BCUT2D eigenvalue weighted by Gasteiger charge is 2.57. The van der Waals surface area contributed by atoms with Crippen molar-refractivity contribution in [3.63, 3.8) is 0 Å². The summed E-state index contributed by atoms with van der Waals surface area (Å²) in [4.78, 5) is 41.1. The van der Waals surface area contributed by atoms with Crippen LogP contribution in [0.2, 0.25) is 0 Å². The maximum Gasteiger partial charge on any atom is 0.307 e. The fourth-order valence-electron chi connectivity index (χ4n) is 5.52. The summed E-state index contributed by atoms with van der Waals surface area (Å²) in [5, 5.41) is 18.1. The van der Waals surface area contributed by atoms with Gasteiger partial charge in [-0.25, -0.2) is 0 Å². The Labute approximate surface area is 197 Å². The molecular formula is C24H41N3O6. The second-order valence-electron chi connectivity index (χ2n) is 11.1. The fourth-order valence-corrected chi connectivity index (χ4v) is 5.52. The molecule has 3 saturated heterocycles. The summed E-state index contributed by atoms with van der Waals surface area (Å²) in [6.07, 6.45) is 3.14. The van der Waals surface area contributed by atoms with E-state index in [1.807, 2.05) is 0 Å². The lowest BCUT2D eigenvalue weighted by Crippen LogP contribution is -2.39. The Morgan fingerprint density at radius 2 is 1.42 bits per heavy atom. The van der Waals surface area contributed by atoms with E-state index < -0.39 is 11.9 Å². The molecule has 3 aliphatic rings. The molecule has 33 heavy (non-hydrogen) atoms. The number of hydrogen-bond acceptors (Lipinski definition) is 7. The van der Waals surface area contributed by atoms with Gasteiger partial charge in [-0.1, -0.05) is 6.92 Å². The van der Waals surface area contributed by atoms with Crippen LogP contribution in [-0.2, 0) is 19.1 Å². The lowest BCUT2D eigenvalue weighted by molar-refractivity contribution is -0.148. The van der Waals surface area contributed by atoms with E-state index in [1.165, 1.54) is 0 Å². The predicted molar refractivity (Wildman–Crippen MR) is 123 cm³/mol. The normalized spacial score (nSPS) is 36.0. The molecule has 0 amide bonds. The van der Waals surface area contributed by atoms with Crippen LogP contribution in [0, 0.1) is 5.41 Å². The topological polar surface area (TPSA) is 110 Å². The number of carboxylic acids is 2. The van der Waals surface area contributed by atoms with Gasteiger partial charge < -0.3 is 14.9 Å². The van der Waals surface area contributed by atoms with Gasteiger partial charge >= 0.3 is 17.9 Å². The molecule has 0 aromatic rings. The molecule has 9 nitrogen and oxygen atoms in total. The van der Waals surface area contributed by atoms with Crippen LogP contribution in [0.3, 0.4) is 0 Å². The summed E-state index contributed by atoms with van der Waals surface area (Å²) in [5.74, 6) is -1.75. The van der Waals surface area contributed by atoms with Crippen LogP contribution in [0.15, 0.2) is 0 Å². The van der Waals surface area contributed by atoms with Crippen molar-refractivity contribution in [3.8, 4) is 0 Å². The van der Waals surface area contributed by atoms with Crippen LogP contribution in [-0.4, -0.2) is 106 Å². The van der Waals surface area contributed by atoms with Crippen molar-refractivity contribution in [2.24, 2.45) is 5.41 Å². The van der Waals surface area contributed by atoms with Crippen molar-refractivity contribution in [2.45, 2.75) is 83.3 Å². The summed E-state index contributed by atoms with van der Waals surface area (Å²) >= 11 is 0. The monoisotopic (exact) mass is 467 g/mol. The van der Waals surface area contributed by atoms with Crippen LogP contribution in [0.1, 0.15) is 66.2 Å². The molecule has 3 fully saturated rings. The van der Waals surface area contributed by atoms with Crippen molar-refractivity contribution in [1.29, 1.82) is 0 Å². The second-order valence-corrected chi connectivity index (χ2v) is 11.1. The van der Waals surface area contributed by atoms with E-state index in [0.29, 0.717) is 32.2 Å². The number of hydrogen-bond donors (Lipinski definition) is 2. The van der Waals surface area contributed by atoms with Crippen molar-refractivity contribution >= 4 is 17.9 Å². The second kappa shape index (κ2) is 9.88. The predicted octanol–water partition coefficient (Wildman–Crippen LogP) is 1.90. The van der Waals surface area contributed by atoms with Crippen molar-refractivity contribution < 1.29 is 29.3 Å². The zero-order valence-electron chi connectivity index (χ0n) is 20.6. The van der Waals surface area contributed by atoms with Crippen LogP contribution < -0.4 is 0 Å². The first-order chi connectivity index (χ1) is 15.4. The molecule has 0 spiro atoms. The maximum atomic E-state index is 12.5. The minimum absolute atomic E-state index is 0.0931. The van der Waals surface area contributed by atoms with Gasteiger partial charge in [-0.05, 0) is 40.0 Å². The van der Waals surface area contributed by atoms with E-state index in [9.17, 15) is 14.4 Å². The smallest absolute Gasteiger partial charge is 0.307 e. The Morgan fingerprint density at radius 3 is 1.82 bits per heavy atom. The third-order valence-electron chi connectivity index (χ3n) is 7.97. The van der Waals surface area contributed by atoms with Gasteiger partial charge in [-0.3, -0.25) is 29.1 Å². The van der Waals surface area contributed by atoms with E-state index in [1.54, 1.807) is 0 Å². The lowest BCUT2D eigenvalue weighted by Gasteiger charge is -2.37. The first kappa shape index (κ1) is 25.9. The van der Waals surface area contributed by atoms with E-state index in [-0.39, 0.29) is 35.3 Å². The third-order valence-corrected chi connectivity index (χ3v) is 7.97. The van der Waals surface area contributed by atoms with Gasteiger partial charge in [-0.2, -0.15) is 0 Å². The summed E-state index contributed by atoms with van der Waals surface area (Å²) in [6.45, 7) is 13.5. The number of carboxylic acid groups (broad SMARTS) is 2. The van der Waals surface area contributed by atoms with Gasteiger partial charge in [0.05, 0.1) is 25.9 Å². The van der Waals surface area contributed by atoms with Gasteiger partial charge in [0.25, 0.3) is 0 Å².